The molecule has 10 heteroatoms. The van der Waals surface area contributed by atoms with E-state index < -0.39 is 0 Å². The van der Waals surface area contributed by atoms with Crippen molar-refractivity contribution in [1.82, 2.24) is 30.1 Å². The topological polar surface area (TPSA) is 113 Å². The van der Waals surface area contributed by atoms with E-state index in [9.17, 15) is 9.59 Å². The summed E-state index contributed by atoms with van der Waals surface area (Å²) in [5, 5.41) is 9.47. The molecule has 2 aromatic heterocycles. The number of likely N-dealkylation sites (tertiary alicyclic amines) is 1. The Morgan fingerprint density at radius 2 is 1.78 bits per heavy atom. The third-order valence-corrected chi connectivity index (χ3v) is 9.02. The number of anilines is 1. The van der Waals surface area contributed by atoms with Gasteiger partial charge in [0.1, 0.15) is 0 Å². The summed E-state index contributed by atoms with van der Waals surface area (Å²) >= 11 is 0. The van der Waals surface area contributed by atoms with Crippen LogP contribution in [0.5, 0.6) is 5.88 Å². The molecule has 45 heavy (non-hydrogen) atoms. The van der Waals surface area contributed by atoms with Crippen LogP contribution in [-0.4, -0.2) is 64.0 Å². The number of carbonyl (C=O) groups excluding carboxylic acids is 2. The maximum absolute atomic E-state index is 13.4. The first-order valence-corrected chi connectivity index (χ1v) is 15.5. The van der Waals surface area contributed by atoms with Gasteiger partial charge in [0, 0.05) is 81.7 Å². The molecule has 0 bridgehead atoms. The molecule has 234 valence electrons. The van der Waals surface area contributed by atoms with Gasteiger partial charge in [-0.25, -0.2) is 9.97 Å². The number of fused-ring (bicyclic) bond motifs is 1. The first-order chi connectivity index (χ1) is 21.7. The molecule has 10 nitrogen and oxygen atoms in total. The van der Waals surface area contributed by atoms with Crippen LogP contribution in [0.1, 0.15) is 52.0 Å². The van der Waals surface area contributed by atoms with Crippen LogP contribution < -0.4 is 20.7 Å². The fourth-order valence-electron chi connectivity index (χ4n) is 6.64. The van der Waals surface area contributed by atoms with Gasteiger partial charge in [0.2, 0.25) is 11.8 Å². The van der Waals surface area contributed by atoms with E-state index in [4.69, 9.17) is 9.72 Å². The van der Waals surface area contributed by atoms with Crippen molar-refractivity contribution in [3.05, 3.63) is 82.4 Å². The summed E-state index contributed by atoms with van der Waals surface area (Å²) in [6.07, 6.45) is 1.80. The lowest BCUT2D eigenvalue weighted by atomic mass is 9.91. The number of rotatable bonds is 8. The molecular formula is C35H41N7O3. The number of aromatic nitrogens is 3. The van der Waals surface area contributed by atoms with E-state index in [1.54, 1.807) is 14.0 Å². The number of imidazole rings is 1. The van der Waals surface area contributed by atoms with Crippen LogP contribution in [0.3, 0.4) is 0 Å². The highest BCUT2D eigenvalue weighted by molar-refractivity contribution is 6.03. The molecule has 0 radical (unpaired) electrons. The maximum Gasteiger partial charge on any atom is 0.291 e. The van der Waals surface area contributed by atoms with Gasteiger partial charge in [-0.1, -0.05) is 36.4 Å². The van der Waals surface area contributed by atoms with Crippen molar-refractivity contribution in [2.24, 2.45) is 7.05 Å². The molecule has 0 aliphatic carbocycles. The zero-order valence-electron chi connectivity index (χ0n) is 26.7. The number of ether oxygens (including phenoxy) is 1. The van der Waals surface area contributed by atoms with E-state index in [0.717, 1.165) is 88.6 Å². The summed E-state index contributed by atoms with van der Waals surface area (Å²) in [7, 11) is 3.57. The van der Waals surface area contributed by atoms with Crippen LogP contribution >= 0.6 is 0 Å². The van der Waals surface area contributed by atoms with Crippen molar-refractivity contribution in [2.75, 3.05) is 32.1 Å². The fourth-order valence-corrected chi connectivity index (χ4v) is 6.64. The lowest BCUT2D eigenvalue weighted by Gasteiger charge is -2.19. The monoisotopic (exact) mass is 607 g/mol. The van der Waals surface area contributed by atoms with Crippen molar-refractivity contribution in [1.29, 1.82) is 0 Å². The van der Waals surface area contributed by atoms with Crippen molar-refractivity contribution in [3.8, 4) is 28.3 Å². The second-order valence-corrected chi connectivity index (χ2v) is 12.0. The average Bonchev–Trinajstić information content (AvgIpc) is 3.61. The standard InChI is InChI=1S/C35H41N7O3/c1-21-26(27-9-7-11-29(22(27)2)39-34(44)33-38-31-18-36-16-14-32(31)41(33)4)8-6-10-28(21)30-13-12-24(35(40-30)45-5)19-42-17-15-25(20-42)37-23(3)43/h6-13,25,36H,14-20H2,1-5H3,(H,37,43)(H,39,44). The normalized spacial score (nSPS) is 16.3. The van der Waals surface area contributed by atoms with Gasteiger partial charge in [0.25, 0.3) is 5.91 Å². The van der Waals surface area contributed by atoms with Crippen LogP contribution in [0, 0.1) is 13.8 Å². The molecular weight excluding hydrogens is 566 g/mol. The van der Waals surface area contributed by atoms with Crippen molar-refractivity contribution in [2.45, 2.75) is 52.7 Å². The zero-order valence-corrected chi connectivity index (χ0v) is 26.7. The highest BCUT2D eigenvalue weighted by Gasteiger charge is 2.25. The number of amides is 2. The predicted octanol–water partition coefficient (Wildman–Crippen LogP) is 4.38. The number of pyridine rings is 1. The Bertz CT molecular complexity index is 1760. The van der Waals surface area contributed by atoms with E-state index in [1.807, 2.05) is 36.7 Å². The molecule has 2 amide bonds. The van der Waals surface area contributed by atoms with Crippen LogP contribution in [0.15, 0.2) is 48.5 Å². The largest absolute Gasteiger partial charge is 0.481 e. The second-order valence-electron chi connectivity index (χ2n) is 12.0. The van der Waals surface area contributed by atoms with Crippen molar-refractivity contribution < 1.29 is 14.3 Å². The van der Waals surface area contributed by atoms with Gasteiger partial charge in [0.15, 0.2) is 5.82 Å². The van der Waals surface area contributed by atoms with E-state index in [1.165, 1.54) is 0 Å². The number of benzene rings is 2. The Morgan fingerprint density at radius 1 is 1.02 bits per heavy atom. The van der Waals surface area contributed by atoms with E-state index in [2.05, 4.69) is 63.1 Å². The predicted molar refractivity (Wildman–Crippen MR) is 175 cm³/mol. The van der Waals surface area contributed by atoms with Gasteiger partial charge in [-0.2, -0.15) is 0 Å². The Kier molecular flexibility index (Phi) is 8.69. The molecule has 1 fully saturated rings. The minimum absolute atomic E-state index is 0.00940. The number of methoxy groups -OCH3 is 1. The van der Waals surface area contributed by atoms with Crippen LogP contribution in [0.2, 0.25) is 0 Å². The summed E-state index contributed by atoms with van der Waals surface area (Å²) in [5.41, 5.74) is 9.87. The Labute approximate surface area is 264 Å². The van der Waals surface area contributed by atoms with Gasteiger partial charge in [-0.3, -0.25) is 14.5 Å². The minimum Gasteiger partial charge on any atom is -0.481 e. The highest BCUT2D eigenvalue weighted by Crippen LogP contribution is 2.36. The summed E-state index contributed by atoms with van der Waals surface area (Å²) < 4.78 is 7.66. The fraction of sp³-hybridized carbons (Fsp3) is 0.371. The number of hydrogen-bond acceptors (Lipinski definition) is 7. The van der Waals surface area contributed by atoms with Gasteiger partial charge in [-0.05, 0) is 54.7 Å². The molecule has 0 saturated carbocycles. The van der Waals surface area contributed by atoms with Gasteiger partial charge < -0.3 is 25.3 Å². The minimum atomic E-state index is -0.214. The third-order valence-electron chi connectivity index (χ3n) is 9.02. The van der Waals surface area contributed by atoms with Crippen molar-refractivity contribution in [3.63, 3.8) is 0 Å². The molecule has 3 N–H and O–H groups in total. The molecule has 1 saturated heterocycles. The number of hydrogen-bond donors (Lipinski definition) is 3. The second kappa shape index (κ2) is 12.8. The van der Waals surface area contributed by atoms with Gasteiger partial charge in [0.05, 0.1) is 18.5 Å². The number of carbonyl (C=O) groups is 2. The van der Waals surface area contributed by atoms with Crippen LogP contribution in [0.25, 0.3) is 22.4 Å². The molecule has 1 atom stereocenters. The summed E-state index contributed by atoms with van der Waals surface area (Å²) in [5.74, 6) is 0.823. The SMILES string of the molecule is COc1nc(-c2cccc(-c3cccc(NC(=O)c4nc5c(n4C)CCNC5)c3C)c2C)ccc1CN1CCC(NC(C)=O)C1. The number of nitrogens with one attached hydrogen (secondary N) is 3. The van der Waals surface area contributed by atoms with E-state index >= 15 is 0 Å². The van der Waals surface area contributed by atoms with E-state index in [0.29, 0.717) is 24.8 Å². The lowest BCUT2D eigenvalue weighted by molar-refractivity contribution is -0.119. The molecule has 2 aliphatic rings. The first kappa shape index (κ1) is 30.5. The first-order valence-electron chi connectivity index (χ1n) is 15.5. The Hall–Kier alpha value is -4.54. The molecule has 6 rings (SSSR count). The van der Waals surface area contributed by atoms with Gasteiger partial charge >= 0.3 is 0 Å². The molecule has 0 spiro atoms. The zero-order chi connectivity index (χ0) is 31.7. The lowest BCUT2D eigenvalue weighted by Crippen LogP contribution is -2.35. The summed E-state index contributed by atoms with van der Waals surface area (Å²) in [6.45, 7) is 9.71. The third kappa shape index (κ3) is 6.21. The smallest absolute Gasteiger partial charge is 0.291 e. The maximum atomic E-state index is 13.4. The highest BCUT2D eigenvalue weighted by atomic mass is 16.5. The molecule has 4 aromatic rings. The Morgan fingerprint density at radius 3 is 2.53 bits per heavy atom. The van der Waals surface area contributed by atoms with Gasteiger partial charge in [-0.15, -0.1) is 0 Å². The summed E-state index contributed by atoms with van der Waals surface area (Å²) in [4.78, 5) is 36.7. The molecule has 2 aliphatic heterocycles. The molecule has 1 unspecified atom stereocenters. The molecule has 2 aromatic carbocycles. The summed E-state index contributed by atoms with van der Waals surface area (Å²) in [6, 6.07) is 16.6. The van der Waals surface area contributed by atoms with Crippen LogP contribution in [0.4, 0.5) is 5.69 Å². The number of nitrogens with zero attached hydrogens (tertiary/aromatic N) is 4. The molecule has 4 heterocycles. The Balaban J connectivity index is 1.24. The quantitative estimate of drug-likeness (QED) is 0.273. The average molecular weight is 608 g/mol. The van der Waals surface area contributed by atoms with Crippen LogP contribution in [-0.2, 0) is 31.4 Å². The van der Waals surface area contributed by atoms with Crippen molar-refractivity contribution >= 4 is 17.5 Å². The van der Waals surface area contributed by atoms with E-state index in [-0.39, 0.29) is 17.9 Å².